The maximum absolute atomic E-state index is 12.6. The molecule has 1 atom stereocenters. The summed E-state index contributed by atoms with van der Waals surface area (Å²) in [7, 11) is 4.32. The molecule has 0 aliphatic carbocycles. The van der Waals surface area contributed by atoms with Gasteiger partial charge in [-0.2, -0.15) is 0 Å². The molecular formula is C16H20O7. The van der Waals surface area contributed by atoms with Gasteiger partial charge in [0, 0.05) is 5.56 Å². The first kappa shape index (κ1) is 18.5. The lowest BCUT2D eigenvalue weighted by Gasteiger charge is -2.16. The van der Waals surface area contributed by atoms with Crippen LogP contribution in [0.15, 0.2) is 12.1 Å². The van der Waals surface area contributed by atoms with Crippen LogP contribution in [-0.4, -0.2) is 46.0 Å². The highest BCUT2D eigenvalue weighted by atomic mass is 16.5. The third kappa shape index (κ3) is 4.21. The van der Waals surface area contributed by atoms with Crippen LogP contribution in [0.25, 0.3) is 0 Å². The van der Waals surface area contributed by atoms with Crippen molar-refractivity contribution in [3.8, 4) is 17.2 Å². The van der Waals surface area contributed by atoms with Crippen LogP contribution < -0.4 is 14.2 Å². The van der Waals surface area contributed by atoms with Gasteiger partial charge >= 0.3 is 5.97 Å². The van der Waals surface area contributed by atoms with Gasteiger partial charge in [0.1, 0.15) is 12.5 Å². The molecule has 1 rings (SSSR count). The highest BCUT2D eigenvalue weighted by molar-refractivity contribution is 6.09. The van der Waals surface area contributed by atoms with E-state index < -0.39 is 17.7 Å². The Kier molecular flexibility index (Phi) is 7.05. The molecule has 0 aliphatic rings. The molecule has 7 nitrogen and oxygen atoms in total. The maximum Gasteiger partial charge on any atom is 0.317 e. The van der Waals surface area contributed by atoms with Gasteiger partial charge in [-0.15, -0.1) is 0 Å². The normalized spacial score (nSPS) is 11.3. The number of hydrogen-bond donors (Lipinski definition) is 0. The molecule has 1 unspecified atom stereocenters. The van der Waals surface area contributed by atoms with Crippen molar-refractivity contribution in [2.75, 3.05) is 27.9 Å². The summed E-state index contributed by atoms with van der Waals surface area (Å²) in [4.78, 5) is 34.8. The second kappa shape index (κ2) is 8.77. The van der Waals surface area contributed by atoms with E-state index in [4.69, 9.17) is 18.9 Å². The molecule has 0 amide bonds. The van der Waals surface area contributed by atoms with Crippen LogP contribution in [0.2, 0.25) is 0 Å². The van der Waals surface area contributed by atoms with Gasteiger partial charge in [-0.1, -0.05) is 6.92 Å². The largest absolute Gasteiger partial charge is 0.493 e. The lowest BCUT2D eigenvalue weighted by molar-refractivity contribution is -0.148. The molecule has 0 N–H and O–H groups in total. The first-order chi connectivity index (χ1) is 11.0. The maximum atomic E-state index is 12.6. The quantitative estimate of drug-likeness (QED) is 0.295. The lowest BCUT2D eigenvalue weighted by atomic mass is 9.95. The zero-order valence-corrected chi connectivity index (χ0v) is 13.6. The Labute approximate surface area is 134 Å². The molecule has 0 aliphatic heterocycles. The molecule has 126 valence electrons. The number of hydrogen-bond acceptors (Lipinski definition) is 7. The van der Waals surface area contributed by atoms with Gasteiger partial charge in [-0.3, -0.25) is 14.4 Å². The molecule has 0 fully saturated rings. The van der Waals surface area contributed by atoms with Crippen molar-refractivity contribution >= 4 is 18.0 Å². The van der Waals surface area contributed by atoms with Gasteiger partial charge in [-0.05, 0) is 18.6 Å². The van der Waals surface area contributed by atoms with E-state index in [0.29, 0.717) is 23.5 Å². The van der Waals surface area contributed by atoms with Crippen molar-refractivity contribution in [3.05, 3.63) is 17.7 Å². The molecule has 1 aromatic rings. The highest BCUT2D eigenvalue weighted by Gasteiger charge is 2.29. The third-order valence-corrected chi connectivity index (χ3v) is 3.25. The number of carbonyl (C=O) groups is 3. The number of ketones is 1. The standard InChI is InChI=1S/C16H20O7/c1-5-11(16(19)23-7-6-17)14(18)10-8-12(20-2)15(22-4)13(9-10)21-3/h6,8-9,11H,5,7H2,1-4H3. The molecular weight excluding hydrogens is 304 g/mol. The first-order valence-electron chi connectivity index (χ1n) is 6.98. The van der Waals surface area contributed by atoms with E-state index in [9.17, 15) is 14.4 Å². The van der Waals surface area contributed by atoms with Gasteiger partial charge in [0.25, 0.3) is 0 Å². The zero-order valence-electron chi connectivity index (χ0n) is 13.6. The van der Waals surface area contributed by atoms with E-state index in [-0.39, 0.29) is 18.6 Å². The van der Waals surface area contributed by atoms with Gasteiger partial charge in [0.15, 0.2) is 23.6 Å². The molecule has 0 heterocycles. The molecule has 0 saturated heterocycles. The van der Waals surface area contributed by atoms with Crippen molar-refractivity contribution in [2.45, 2.75) is 13.3 Å². The minimum Gasteiger partial charge on any atom is -0.493 e. The van der Waals surface area contributed by atoms with Gasteiger partial charge in [0.2, 0.25) is 5.75 Å². The fourth-order valence-electron chi connectivity index (χ4n) is 2.10. The zero-order chi connectivity index (χ0) is 17.4. The number of ether oxygens (including phenoxy) is 4. The minimum atomic E-state index is -1.00. The Morgan fingerprint density at radius 2 is 1.65 bits per heavy atom. The molecule has 0 radical (unpaired) electrons. The number of benzene rings is 1. The van der Waals surface area contributed by atoms with Crippen LogP contribution in [0.4, 0.5) is 0 Å². The van der Waals surface area contributed by atoms with E-state index in [1.807, 2.05) is 0 Å². The molecule has 0 aromatic heterocycles. The number of methoxy groups -OCH3 is 3. The highest BCUT2D eigenvalue weighted by Crippen LogP contribution is 2.38. The number of carbonyl (C=O) groups excluding carboxylic acids is 3. The summed E-state index contributed by atoms with van der Waals surface area (Å²) >= 11 is 0. The summed E-state index contributed by atoms with van der Waals surface area (Å²) in [5.41, 5.74) is 0.231. The number of Topliss-reactive ketones (excluding diaryl/α,β-unsaturated/α-hetero) is 1. The van der Waals surface area contributed by atoms with E-state index in [1.165, 1.54) is 33.5 Å². The second-order valence-corrected chi connectivity index (χ2v) is 4.54. The van der Waals surface area contributed by atoms with Gasteiger partial charge < -0.3 is 18.9 Å². The van der Waals surface area contributed by atoms with E-state index in [2.05, 4.69) is 0 Å². The Morgan fingerprint density at radius 3 is 2.04 bits per heavy atom. The number of esters is 1. The first-order valence-corrected chi connectivity index (χ1v) is 6.98. The molecule has 0 saturated carbocycles. The van der Waals surface area contributed by atoms with Crippen molar-refractivity contribution in [3.63, 3.8) is 0 Å². The predicted molar refractivity (Wildman–Crippen MR) is 81.2 cm³/mol. The van der Waals surface area contributed by atoms with Crippen LogP contribution in [0.5, 0.6) is 17.2 Å². The Bertz CT molecular complexity index is 555. The topological polar surface area (TPSA) is 88.1 Å². The second-order valence-electron chi connectivity index (χ2n) is 4.54. The minimum absolute atomic E-state index is 0.231. The smallest absolute Gasteiger partial charge is 0.317 e. The average Bonchev–Trinajstić information content (AvgIpc) is 2.58. The van der Waals surface area contributed by atoms with Crippen LogP contribution >= 0.6 is 0 Å². The molecule has 0 spiro atoms. The van der Waals surface area contributed by atoms with E-state index >= 15 is 0 Å². The Balaban J connectivity index is 3.19. The van der Waals surface area contributed by atoms with Crippen LogP contribution in [0.1, 0.15) is 23.7 Å². The average molecular weight is 324 g/mol. The molecule has 7 heteroatoms. The number of rotatable bonds is 9. The summed E-state index contributed by atoms with van der Waals surface area (Å²) in [5.74, 6) is -1.21. The van der Waals surface area contributed by atoms with Crippen molar-refractivity contribution in [1.29, 1.82) is 0 Å². The van der Waals surface area contributed by atoms with Gasteiger partial charge in [0.05, 0.1) is 21.3 Å². The third-order valence-electron chi connectivity index (χ3n) is 3.25. The number of aldehydes is 1. The summed E-state index contributed by atoms with van der Waals surface area (Å²) in [6.45, 7) is 1.31. The fraction of sp³-hybridized carbons (Fsp3) is 0.438. The van der Waals surface area contributed by atoms with Crippen LogP contribution in [0.3, 0.4) is 0 Å². The SMILES string of the molecule is CCC(C(=O)OCC=O)C(=O)c1cc(OC)c(OC)c(OC)c1. The molecule has 1 aromatic carbocycles. The summed E-state index contributed by atoms with van der Waals surface area (Å²) in [6.07, 6.45) is 0.696. The molecule has 23 heavy (non-hydrogen) atoms. The summed E-state index contributed by atoms with van der Waals surface area (Å²) in [6, 6.07) is 2.94. The fourth-order valence-corrected chi connectivity index (χ4v) is 2.10. The van der Waals surface area contributed by atoms with Gasteiger partial charge in [-0.25, -0.2) is 0 Å². The van der Waals surface area contributed by atoms with Crippen molar-refractivity contribution in [1.82, 2.24) is 0 Å². The van der Waals surface area contributed by atoms with Crippen molar-refractivity contribution < 1.29 is 33.3 Å². The lowest BCUT2D eigenvalue weighted by Crippen LogP contribution is -2.26. The Morgan fingerprint density at radius 1 is 1.09 bits per heavy atom. The molecule has 0 bridgehead atoms. The predicted octanol–water partition coefficient (Wildman–Crippen LogP) is 1.66. The summed E-state index contributed by atoms with van der Waals surface area (Å²) in [5, 5.41) is 0. The van der Waals surface area contributed by atoms with E-state index in [1.54, 1.807) is 6.92 Å². The Hall–Kier alpha value is -2.57. The van der Waals surface area contributed by atoms with Crippen molar-refractivity contribution in [2.24, 2.45) is 5.92 Å². The van der Waals surface area contributed by atoms with Crippen LogP contribution in [-0.2, 0) is 14.3 Å². The van der Waals surface area contributed by atoms with Crippen LogP contribution in [0, 0.1) is 5.92 Å². The summed E-state index contributed by atoms with van der Waals surface area (Å²) < 4.78 is 20.3. The van der Waals surface area contributed by atoms with E-state index in [0.717, 1.165) is 0 Å². The monoisotopic (exact) mass is 324 g/mol.